The Morgan fingerprint density at radius 2 is 1.67 bits per heavy atom. The predicted molar refractivity (Wildman–Crippen MR) is 125 cm³/mol. The summed E-state index contributed by atoms with van der Waals surface area (Å²) in [6, 6.07) is 22.2. The zero-order valence-corrected chi connectivity index (χ0v) is 16.9. The molecule has 8 heteroatoms. The molecule has 7 nitrogen and oxygen atoms in total. The van der Waals surface area contributed by atoms with Crippen molar-refractivity contribution in [2.24, 2.45) is 27.1 Å². The van der Waals surface area contributed by atoms with Crippen LogP contribution in [0.1, 0.15) is 16.7 Å². The van der Waals surface area contributed by atoms with Crippen molar-refractivity contribution in [3.05, 3.63) is 88.8 Å². The number of nitrogens with zero attached hydrogens (tertiary/aromatic N) is 3. The highest BCUT2D eigenvalue weighted by atomic mass is 32.2. The first-order valence-electron chi connectivity index (χ1n) is 9.23. The van der Waals surface area contributed by atoms with E-state index in [1.54, 1.807) is 5.41 Å². The smallest absolute Gasteiger partial charge is 0.176 e. The fourth-order valence-corrected chi connectivity index (χ4v) is 3.90. The maximum Gasteiger partial charge on any atom is 0.176 e. The second-order valence-electron chi connectivity index (χ2n) is 6.81. The van der Waals surface area contributed by atoms with Crippen LogP contribution in [0.5, 0.6) is 0 Å². The summed E-state index contributed by atoms with van der Waals surface area (Å²) in [6.07, 6.45) is 0. The van der Waals surface area contributed by atoms with Gasteiger partial charge in [0.1, 0.15) is 0 Å². The number of amidine groups is 1. The van der Waals surface area contributed by atoms with Crippen LogP contribution >= 0.6 is 11.9 Å². The lowest BCUT2D eigenvalue weighted by atomic mass is 10.1. The summed E-state index contributed by atoms with van der Waals surface area (Å²) in [5.74, 6) is 5.14. The number of para-hydroxylation sites is 1. The summed E-state index contributed by atoms with van der Waals surface area (Å²) in [5.41, 5.74) is 11.6. The van der Waals surface area contributed by atoms with E-state index < -0.39 is 0 Å². The molecule has 150 valence electrons. The minimum absolute atomic E-state index is 0.0353. The van der Waals surface area contributed by atoms with Crippen molar-refractivity contribution in [1.29, 1.82) is 5.41 Å². The van der Waals surface area contributed by atoms with Gasteiger partial charge in [-0.1, -0.05) is 59.6 Å². The molecule has 30 heavy (non-hydrogen) atoms. The average molecular weight is 416 g/mol. The Balaban J connectivity index is 1.78. The monoisotopic (exact) mass is 415 g/mol. The van der Waals surface area contributed by atoms with E-state index in [1.165, 1.54) is 0 Å². The zero-order chi connectivity index (χ0) is 21.1. The van der Waals surface area contributed by atoms with Crippen LogP contribution in [0, 0.1) is 5.41 Å². The quantitative estimate of drug-likeness (QED) is 0.0963. The summed E-state index contributed by atoms with van der Waals surface area (Å²) in [6.45, 7) is 0.707. The van der Waals surface area contributed by atoms with Crippen LogP contribution in [0.2, 0.25) is 0 Å². The molecule has 0 spiro atoms. The first-order chi connectivity index (χ1) is 14.6. The molecule has 3 aromatic carbocycles. The zero-order valence-electron chi connectivity index (χ0n) is 16.1. The highest BCUT2D eigenvalue weighted by Crippen LogP contribution is 2.31. The van der Waals surface area contributed by atoms with Gasteiger partial charge in [-0.25, -0.2) is 0 Å². The van der Waals surface area contributed by atoms with Gasteiger partial charge in [0.2, 0.25) is 0 Å². The number of rotatable bonds is 5. The summed E-state index contributed by atoms with van der Waals surface area (Å²) >= 11 is 1.10. The fraction of sp³-hybridized carbons (Fsp3) is 0.0455. The molecule has 0 radical (unpaired) electrons. The number of hydrogen-bond acceptors (Lipinski definition) is 5. The Morgan fingerprint density at radius 3 is 2.40 bits per heavy atom. The average Bonchev–Trinajstić information content (AvgIpc) is 3.08. The van der Waals surface area contributed by atoms with Gasteiger partial charge in [-0.3, -0.25) is 10.5 Å². The minimum Gasteiger partial charge on any atom is -0.398 e. The van der Waals surface area contributed by atoms with Crippen molar-refractivity contribution in [3.63, 3.8) is 0 Å². The van der Waals surface area contributed by atoms with E-state index in [1.807, 2.05) is 42.5 Å². The Labute approximate surface area is 177 Å². The second kappa shape index (κ2) is 8.40. The van der Waals surface area contributed by atoms with E-state index in [9.17, 15) is 0 Å². The first-order valence-corrected chi connectivity index (χ1v) is 10.2. The molecule has 0 saturated carbocycles. The van der Waals surface area contributed by atoms with Crippen molar-refractivity contribution >= 4 is 45.3 Å². The molecule has 0 aliphatic rings. The maximum absolute atomic E-state index is 8.01. The molecule has 0 atom stereocenters. The summed E-state index contributed by atoms with van der Waals surface area (Å²) in [7, 11) is 0. The third kappa shape index (κ3) is 3.66. The molecular weight excluding hydrogens is 394 g/mol. The summed E-state index contributed by atoms with van der Waals surface area (Å²) < 4.78 is 2.27. The normalized spacial score (nSPS) is 12.2. The van der Waals surface area contributed by atoms with E-state index in [2.05, 4.69) is 39.2 Å². The molecule has 0 bridgehead atoms. The molecule has 4 rings (SSSR count). The van der Waals surface area contributed by atoms with Crippen molar-refractivity contribution in [1.82, 2.24) is 4.57 Å². The van der Waals surface area contributed by atoms with Gasteiger partial charge in [0, 0.05) is 45.0 Å². The second-order valence-corrected chi connectivity index (χ2v) is 7.31. The molecule has 1 aromatic heterocycles. The Bertz CT molecular complexity index is 1290. The summed E-state index contributed by atoms with van der Waals surface area (Å²) in [4.78, 5) is 0. The molecule has 0 amide bonds. The van der Waals surface area contributed by atoms with Crippen molar-refractivity contribution in [3.8, 4) is 0 Å². The van der Waals surface area contributed by atoms with Gasteiger partial charge < -0.3 is 16.1 Å². The van der Waals surface area contributed by atoms with Crippen LogP contribution in [0.15, 0.2) is 82.5 Å². The van der Waals surface area contributed by atoms with E-state index in [-0.39, 0.29) is 5.84 Å². The highest BCUT2D eigenvalue weighted by Gasteiger charge is 2.13. The molecule has 7 N–H and O–H groups in total. The van der Waals surface area contributed by atoms with Crippen LogP contribution in [0.25, 0.3) is 27.5 Å². The van der Waals surface area contributed by atoms with Crippen molar-refractivity contribution in [2.45, 2.75) is 6.54 Å². The van der Waals surface area contributed by atoms with Gasteiger partial charge in [-0.05, 0) is 35.4 Å². The van der Waals surface area contributed by atoms with E-state index in [4.69, 9.17) is 22.1 Å². The lowest BCUT2D eigenvalue weighted by Gasteiger charge is -2.09. The molecule has 0 saturated heterocycles. The summed E-state index contributed by atoms with van der Waals surface area (Å²) in [5, 5.41) is 24.2. The molecule has 1 heterocycles. The van der Waals surface area contributed by atoms with Crippen LogP contribution < -0.4 is 16.7 Å². The Hall–Kier alpha value is -3.62. The lowest BCUT2D eigenvalue weighted by molar-refractivity contribution is 0.869. The first kappa shape index (κ1) is 19.7. The predicted octanol–water partition coefficient (Wildman–Crippen LogP) is 4.36. The minimum atomic E-state index is 0.0353. The van der Waals surface area contributed by atoms with Crippen molar-refractivity contribution in [2.75, 3.05) is 0 Å². The van der Waals surface area contributed by atoms with Crippen LogP contribution in [0.3, 0.4) is 0 Å². The largest absolute Gasteiger partial charge is 0.398 e. The Morgan fingerprint density at radius 1 is 0.967 bits per heavy atom. The highest BCUT2D eigenvalue weighted by molar-refractivity contribution is 8.00. The van der Waals surface area contributed by atoms with Gasteiger partial charge >= 0.3 is 0 Å². The van der Waals surface area contributed by atoms with E-state index >= 15 is 0 Å². The molecule has 0 aliphatic heterocycles. The van der Waals surface area contributed by atoms with Crippen LogP contribution in [-0.4, -0.2) is 10.4 Å². The van der Waals surface area contributed by atoms with Gasteiger partial charge in [0.25, 0.3) is 0 Å². The maximum atomic E-state index is 8.01. The van der Waals surface area contributed by atoms with Gasteiger partial charge in [0.05, 0.1) is 0 Å². The van der Waals surface area contributed by atoms with Gasteiger partial charge in [0.15, 0.2) is 5.84 Å². The molecular formula is C22H21N7S. The topological polar surface area (TPSA) is 132 Å². The van der Waals surface area contributed by atoms with Gasteiger partial charge in [-0.15, -0.1) is 5.11 Å². The number of hydrogen-bond donors (Lipinski definition) is 4. The third-order valence-electron chi connectivity index (χ3n) is 5.03. The van der Waals surface area contributed by atoms with Crippen LogP contribution in [-0.2, 0) is 6.54 Å². The number of benzene rings is 3. The SMILES string of the molecule is N=C(N=NN)c1ccc2c(c1)c1ccccc1n2Cc1ccc(/C(N)=C/SN)cc1. The molecule has 4 aromatic rings. The Kier molecular flexibility index (Phi) is 5.51. The number of aromatic nitrogens is 1. The number of nitrogens with two attached hydrogens (primary N) is 3. The standard InChI is InChI=1S/C22H21N7S/c23-19(13-30-26)15-7-5-14(6-8-15)12-29-20-4-2-1-3-17(20)18-11-16(9-10-21(18)29)22(24)27-28-25/h1-11,13H,12,23,26H2,(H3,24,25,27)/b19-13-. The van der Waals surface area contributed by atoms with E-state index in [0.29, 0.717) is 17.8 Å². The molecule has 0 aliphatic carbocycles. The number of fused-ring (bicyclic) bond motifs is 3. The number of nitrogens with one attached hydrogen (secondary N) is 1. The van der Waals surface area contributed by atoms with E-state index in [0.717, 1.165) is 44.9 Å². The molecule has 0 fully saturated rings. The lowest BCUT2D eigenvalue weighted by Crippen LogP contribution is -2.01. The third-order valence-corrected chi connectivity index (χ3v) is 5.42. The van der Waals surface area contributed by atoms with Crippen LogP contribution in [0.4, 0.5) is 0 Å². The fourth-order valence-electron chi connectivity index (χ4n) is 3.61. The van der Waals surface area contributed by atoms with Gasteiger partial charge in [-0.2, -0.15) is 0 Å². The van der Waals surface area contributed by atoms with Crippen molar-refractivity contribution < 1.29 is 0 Å². The molecule has 0 unspecified atom stereocenters.